The maximum Gasteiger partial charge on any atom is 0.228 e. The molecule has 0 saturated heterocycles. The van der Waals surface area contributed by atoms with Gasteiger partial charge >= 0.3 is 0 Å². The molecule has 0 unspecified atom stereocenters. The first kappa shape index (κ1) is 12.6. The zero-order valence-electron chi connectivity index (χ0n) is 12.7. The maximum absolute atomic E-state index is 6.32. The fourth-order valence-electron chi connectivity index (χ4n) is 6.04. The lowest BCUT2D eigenvalue weighted by Gasteiger charge is -2.55. The monoisotopic (exact) mass is 287 g/mol. The Bertz CT molecular complexity index is 525. The summed E-state index contributed by atoms with van der Waals surface area (Å²) in [5, 5.41) is 4.41. The first-order chi connectivity index (χ1) is 10.1. The Kier molecular flexibility index (Phi) is 2.46. The SMILES string of the molecule is NC1(Cc2nc(C34CC5CC(CC(C5)C3)C4)no2)CCC1. The second-order valence-electron chi connectivity index (χ2n) is 8.60. The van der Waals surface area contributed by atoms with Crippen molar-refractivity contribution in [2.45, 2.75) is 75.2 Å². The largest absolute Gasteiger partial charge is 0.339 e. The Morgan fingerprint density at radius 1 is 1.05 bits per heavy atom. The third kappa shape index (κ3) is 1.91. The minimum Gasteiger partial charge on any atom is -0.339 e. The van der Waals surface area contributed by atoms with Crippen LogP contribution in [0.1, 0.15) is 69.5 Å². The van der Waals surface area contributed by atoms with E-state index < -0.39 is 0 Å². The van der Waals surface area contributed by atoms with Gasteiger partial charge in [0.05, 0.1) is 0 Å². The molecule has 1 aromatic heterocycles. The molecule has 0 spiro atoms. The van der Waals surface area contributed by atoms with Crippen LogP contribution in [0.2, 0.25) is 0 Å². The van der Waals surface area contributed by atoms with Crippen molar-refractivity contribution in [3.05, 3.63) is 11.7 Å². The molecule has 0 aliphatic heterocycles. The summed E-state index contributed by atoms with van der Waals surface area (Å²) in [7, 11) is 0. The molecule has 4 heteroatoms. The molecule has 4 nitrogen and oxygen atoms in total. The van der Waals surface area contributed by atoms with Gasteiger partial charge in [0.1, 0.15) is 0 Å². The number of nitrogens with zero attached hydrogens (tertiary/aromatic N) is 2. The van der Waals surface area contributed by atoms with E-state index in [1.807, 2.05) is 0 Å². The van der Waals surface area contributed by atoms with Crippen molar-refractivity contribution in [2.75, 3.05) is 0 Å². The van der Waals surface area contributed by atoms with Gasteiger partial charge in [-0.05, 0) is 75.5 Å². The van der Waals surface area contributed by atoms with Gasteiger partial charge in [0.15, 0.2) is 5.82 Å². The molecule has 4 bridgehead atoms. The lowest BCUT2D eigenvalue weighted by atomic mass is 9.49. The van der Waals surface area contributed by atoms with E-state index in [4.69, 9.17) is 15.2 Å². The zero-order valence-corrected chi connectivity index (χ0v) is 12.7. The average molecular weight is 287 g/mol. The van der Waals surface area contributed by atoms with Crippen molar-refractivity contribution in [1.82, 2.24) is 10.1 Å². The summed E-state index contributed by atoms with van der Waals surface area (Å²) >= 11 is 0. The van der Waals surface area contributed by atoms with Crippen LogP contribution in [0.15, 0.2) is 4.52 Å². The standard InChI is InChI=1S/C17H25N3O/c18-17(2-1-3-17)10-14-19-15(20-21-14)16-7-11-4-12(8-16)6-13(5-11)9-16/h11-13H,1-10,18H2. The number of aromatic nitrogens is 2. The molecule has 21 heavy (non-hydrogen) atoms. The van der Waals surface area contributed by atoms with Crippen LogP contribution in [0.5, 0.6) is 0 Å². The number of rotatable bonds is 3. The molecule has 6 rings (SSSR count). The molecule has 2 N–H and O–H groups in total. The molecular weight excluding hydrogens is 262 g/mol. The topological polar surface area (TPSA) is 64.9 Å². The number of nitrogens with two attached hydrogens (primary N) is 1. The molecule has 1 heterocycles. The highest BCUT2D eigenvalue weighted by Crippen LogP contribution is 2.60. The second-order valence-corrected chi connectivity index (χ2v) is 8.60. The first-order valence-electron chi connectivity index (χ1n) is 8.75. The van der Waals surface area contributed by atoms with E-state index in [2.05, 4.69) is 5.16 Å². The molecule has 5 fully saturated rings. The van der Waals surface area contributed by atoms with Crippen LogP contribution in [0, 0.1) is 17.8 Å². The predicted octanol–water partition coefficient (Wildman–Crippen LogP) is 2.96. The van der Waals surface area contributed by atoms with E-state index in [9.17, 15) is 0 Å². The van der Waals surface area contributed by atoms with Crippen LogP contribution in [-0.4, -0.2) is 15.7 Å². The second kappa shape index (κ2) is 4.09. The van der Waals surface area contributed by atoms with Gasteiger partial charge in [0.2, 0.25) is 5.89 Å². The van der Waals surface area contributed by atoms with Crippen molar-refractivity contribution in [3.63, 3.8) is 0 Å². The lowest BCUT2D eigenvalue weighted by Crippen LogP contribution is -2.49. The Morgan fingerprint density at radius 3 is 2.19 bits per heavy atom. The summed E-state index contributed by atoms with van der Waals surface area (Å²) in [6.45, 7) is 0. The van der Waals surface area contributed by atoms with Gasteiger partial charge in [0.25, 0.3) is 0 Å². The zero-order chi connectivity index (χ0) is 14.1. The summed E-state index contributed by atoms with van der Waals surface area (Å²) in [5.41, 5.74) is 6.51. The van der Waals surface area contributed by atoms with Crippen molar-refractivity contribution in [1.29, 1.82) is 0 Å². The van der Waals surface area contributed by atoms with Crippen LogP contribution in [0.25, 0.3) is 0 Å². The molecular formula is C17H25N3O. The lowest BCUT2D eigenvalue weighted by molar-refractivity contribution is -0.0103. The van der Waals surface area contributed by atoms with Crippen LogP contribution in [0.3, 0.4) is 0 Å². The van der Waals surface area contributed by atoms with E-state index in [1.165, 1.54) is 44.9 Å². The van der Waals surface area contributed by atoms with E-state index in [-0.39, 0.29) is 11.0 Å². The molecule has 5 saturated carbocycles. The molecule has 114 valence electrons. The third-order valence-corrected chi connectivity index (χ3v) is 6.83. The Morgan fingerprint density at radius 2 is 1.67 bits per heavy atom. The van der Waals surface area contributed by atoms with Crippen molar-refractivity contribution in [2.24, 2.45) is 23.5 Å². The fourth-order valence-corrected chi connectivity index (χ4v) is 6.04. The van der Waals surface area contributed by atoms with Crippen LogP contribution in [-0.2, 0) is 11.8 Å². The summed E-state index contributed by atoms with van der Waals surface area (Å²) in [5.74, 6) is 4.56. The van der Waals surface area contributed by atoms with Gasteiger partial charge in [-0.3, -0.25) is 0 Å². The molecule has 0 amide bonds. The molecule has 1 aromatic rings. The molecule has 5 aliphatic rings. The van der Waals surface area contributed by atoms with Crippen LogP contribution >= 0.6 is 0 Å². The van der Waals surface area contributed by atoms with E-state index >= 15 is 0 Å². The quantitative estimate of drug-likeness (QED) is 0.928. The van der Waals surface area contributed by atoms with Gasteiger partial charge < -0.3 is 10.3 Å². The van der Waals surface area contributed by atoms with Gasteiger partial charge in [-0.1, -0.05) is 5.16 Å². The third-order valence-electron chi connectivity index (χ3n) is 6.83. The first-order valence-corrected chi connectivity index (χ1v) is 8.75. The normalized spacial score (nSPS) is 43.0. The molecule has 0 aromatic carbocycles. The smallest absolute Gasteiger partial charge is 0.228 e. The van der Waals surface area contributed by atoms with Gasteiger partial charge in [-0.2, -0.15) is 4.98 Å². The van der Waals surface area contributed by atoms with E-state index in [0.29, 0.717) is 0 Å². The minimum atomic E-state index is -0.0642. The summed E-state index contributed by atoms with van der Waals surface area (Å²) in [6, 6.07) is 0. The summed E-state index contributed by atoms with van der Waals surface area (Å²) < 4.78 is 5.58. The van der Waals surface area contributed by atoms with Crippen molar-refractivity contribution in [3.8, 4) is 0 Å². The average Bonchev–Trinajstić information content (AvgIpc) is 2.84. The Labute approximate surface area is 125 Å². The van der Waals surface area contributed by atoms with Crippen LogP contribution < -0.4 is 5.73 Å². The molecule has 5 aliphatic carbocycles. The van der Waals surface area contributed by atoms with Crippen LogP contribution in [0.4, 0.5) is 0 Å². The fraction of sp³-hybridized carbons (Fsp3) is 0.882. The number of hydrogen-bond donors (Lipinski definition) is 1. The maximum atomic E-state index is 6.32. The molecule has 0 radical (unpaired) electrons. The minimum absolute atomic E-state index is 0.0642. The molecule has 0 atom stereocenters. The predicted molar refractivity (Wildman–Crippen MR) is 78.6 cm³/mol. The van der Waals surface area contributed by atoms with Gasteiger partial charge in [0, 0.05) is 17.4 Å². The Hall–Kier alpha value is -0.900. The van der Waals surface area contributed by atoms with Crippen molar-refractivity contribution >= 4 is 0 Å². The highest BCUT2D eigenvalue weighted by atomic mass is 16.5. The highest BCUT2D eigenvalue weighted by Gasteiger charge is 2.54. The van der Waals surface area contributed by atoms with Gasteiger partial charge in [-0.15, -0.1) is 0 Å². The Balaban J connectivity index is 1.41. The highest BCUT2D eigenvalue weighted by molar-refractivity contribution is 5.17. The summed E-state index contributed by atoms with van der Waals surface area (Å²) in [6.07, 6.45) is 12.5. The van der Waals surface area contributed by atoms with Crippen molar-refractivity contribution < 1.29 is 4.52 Å². The summed E-state index contributed by atoms with van der Waals surface area (Å²) in [4.78, 5) is 4.81. The number of hydrogen-bond acceptors (Lipinski definition) is 4. The van der Waals surface area contributed by atoms with E-state index in [0.717, 1.165) is 48.7 Å². The van der Waals surface area contributed by atoms with E-state index in [1.54, 1.807) is 0 Å². The van der Waals surface area contributed by atoms with Gasteiger partial charge in [-0.25, -0.2) is 0 Å².